The predicted octanol–water partition coefficient (Wildman–Crippen LogP) is 2.12. The summed E-state index contributed by atoms with van der Waals surface area (Å²) in [6.07, 6.45) is 5.93. The average Bonchev–Trinajstić information content (AvgIpc) is 3.32. The molecule has 1 fully saturated rings. The average molecular weight is 348 g/mol. The molecule has 3 aromatic rings. The van der Waals surface area contributed by atoms with Crippen LogP contribution in [0.3, 0.4) is 0 Å². The van der Waals surface area contributed by atoms with Crippen molar-refractivity contribution in [1.29, 1.82) is 0 Å². The molecular formula is C19H20N6O. The van der Waals surface area contributed by atoms with E-state index in [1.54, 1.807) is 12.4 Å². The van der Waals surface area contributed by atoms with Crippen molar-refractivity contribution in [3.8, 4) is 5.82 Å². The molecule has 7 heteroatoms. The summed E-state index contributed by atoms with van der Waals surface area (Å²) in [6, 6.07) is 13.6. The number of pyridine rings is 1. The largest absolute Gasteiger partial charge is 0.323 e. The number of nitrogens with zero attached hydrogens (tertiary/aromatic N) is 3. The molecule has 4 rings (SSSR count). The molecule has 0 saturated carbocycles. The summed E-state index contributed by atoms with van der Waals surface area (Å²) >= 11 is 0. The van der Waals surface area contributed by atoms with Crippen LogP contribution in [-0.4, -0.2) is 26.5 Å². The Morgan fingerprint density at radius 2 is 2.00 bits per heavy atom. The van der Waals surface area contributed by atoms with Crippen molar-refractivity contribution in [2.24, 2.45) is 0 Å². The van der Waals surface area contributed by atoms with Gasteiger partial charge in [0.1, 0.15) is 17.7 Å². The Kier molecular flexibility index (Phi) is 4.47. The number of imidazole rings is 1. The summed E-state index contributed by atoms with van der Waals surface area (Å²) in [6.45, 7) is 1.92. The van der Waals surface area contributed by atoms with Crippen LogP contribution < -0.4 is 16.2 Å². The van der Waals surface area contributed by atoms with Gasteiger partial charge in [0.05, 0.1) is 11.9 Å². The zero-order valence-corrected chi connectivity index (χ0v) is 14.4. The van der Waals surface area contributed by atoms with Gasteiger partial charge in [0, 0.05) is 18.4 Å². The number of amides is 1. The first-order valence-electron chi connectivity index (χ1n) is 8.54. The van der Waals surface area contributed by atoms with Gasteiger partial charge >= 0.3 is 0 Å². The van der Waals surface area contributed by atoms with Gasteiger partial charge in [-0.05, 0) is 31.0 Å². The molecule has 3 heterocycles. The normalized spacial score (nSPS) is 19.4. The van der Waals surface area contributed by atoms with Gasteiger partial charge in [0.2, 0.25) is 5.91 Å². The number of hydrogen-bond donors (Lipinski definition) is 3. The van der Waals surface area contributed by atoms with Crippen LogP contribution in [0.2, 0.25) is 0 Å². The van der Waals surface area contributed by atoms with Crippen molar-refractivity contribution in [3.05, 3.63) is 72.4 Å². The third-order valence-corrected chi connectivity index (χ3v) is 4.51. The summed E-state index contributed by atoms with van der Waals surface area (Å²) in [7, 11) is 0. The molecule has 2 aromatic heterocycles. The van der Waals surface area contributed by atoms with Gasteiger partial charge in [-0.15, -0.1) is 0 Å². The summed E-state index contributed by atoms with van der Waals surface area (Å²) in [5.41, 5.74) is 8.09. The van der Waals surface area contributed by atoms with E-state index in [1.165, 1.54) is 0 Å². The minimum Gasteiger partial charge on any atom is -0.323 e. The third-order valence-electron chi connectivity index (χ3n) is 4.51. The lowest BCUT2D eigenvalue weighted by Crippen LogP contribution is -2.39. The van der Waals surface area contributed by atoms with E-state index in [1.807, 2.05) is 48.0 Å². The number of carbonyl (C=O) groups excluding carboxylic acids is 1. The number of anilines is 1. The van der Waals surface area contributed by atoms with Gasteiger partial charge < -0.3 is 5.32 Å². The van der Waals surface area contributed by atoms with Crippen LogP contribution in [0.4, 0.5) is 5.69 Å². The lowest BCUT2D eigenvalue weighted by Gasteiger charge is -2.11. The number of carbonyl (C=O) groups is 1. The van der Waals surface area contributed by atoms with Crippen LogP contribution in [0, 0.1) is 6.92 Å². The first kappa shape index (κ1) is 16.4. The Balaban J connectivity index is 1.39. The van der Waals surface area contributed by atoms with Crippen molar-refractivity contribution in [1.82, 2.24) is 25.4 Å². The topological polar surface area (TPSA) is 83.9 Å². The molecule has 0 spiro atoms. The molecule has 1 amide bonds. The fraction of sp³-hybridized carbons (Fsp3) is 0.211. The van der Waals surface area contributed by atoms with E-state index in [0.29, 0.717) is 12.1 Å². The highest BCUT2D eigenvalue weighted by atomic mass is 16.2. The molecule has 1 saturated heterocycles. The molecule has 7 nitrogen and oxygen atoms in total. The maximum Gasteiger partial charge on any atom is 0.242 e. The number of benzene rings is 1. The number of aryl methyl sites for hydroxylation is 1. The third kappa shape index (κ3) is 3.35. The zero-order chi connectivity index (χ0) is 17.9. The van der Waals surface area contributed by atoms with Crippen molar-refractivity contribution < 1.29 is 4.79 Å². The Morgan fingerprint density at radius 1 is 1.15 bits per heavy atom. The van der Waals surface area contributed by atoms with Crippen LogP contribution >= 0.6 is 0 Å². The second-order valence-corrected chi connectivity index (χ2v) is 6.28. The van der Waals surface area contributed by atoms with E-state index in [0.717, 1.165) is 17.2 Å². The van der Waals surface area contributed by atoms with Crippen molar-refractivity contribution in [3.63, 3.8) is 0 Å². The monoisotopic (exact) mass is 348 g/mol. The molecule has 2 atom stereocenters. The van der Waals surface area contributed by atoms with Gasteiger partial charge in [0.25, 0.3) is 0 Å². The van der Waals surface area contributed by atoms with E-state index in [4.69, 9.17) is 0 Å². The van der Waals surface area contributed by atoms with Gasteiger partial charge in [-0.1, -0.05) is 30.3 Å². The van der Waals surface area contributed by atoms with Gasteiger partial charge in [-0.25, -0.2) is 20.8 Å². The van der Waals surface area contributed by atoms with Crippen LogP contribution in [0.15, 0.2) is 61.1 Å². The minimum absolute atomic E-state index is 0.0794. The number of hydrazine groups is 1. The SMILES string of the molecule is Cc1nccn1-c1ccc(NC(=O)C2CC(c3ccccc3)NN2)cn1. The van der Waals surface area contributed by atoms with E-state index >= 15 is 0 Å². The van der Waals surface area contributed by atoms with E-state index in [9.17, 15) is 4.79 Å². The Bertz CT molecular complexity index is 890. The summed E-state index contributed by atoms with van der Waals surface area (Å²) < 4.78 is 1.89. The van der Waals surface area contributed by atoms with E-state index in [-0.39, 0.29) is 18.0 Å². The number of rotatable bonds is 4. The first-order valence-corrected chi connectivity index (χ1v) is 8.54. The zero-order valence-electron chi connectivity index (χ0n) is 14.4. The molecule has 1 aromatic carbocycles. The van der Waals surface area contributed by atoms with Crippen LogP contribution in [-0.2, 0) is 4.79 Å². The van der Waals surface area contributed by atoms with Crippen LogP contribution in [0.1, 0.15) is 23.9 Å². The highest BCUT2D eigenvalue weighted by molar-refractivity contribution is 5.94. The number of nitrogens with one attached hydrogen (secondary N) is 3. The molecular weight excluding hydrogens is 328 g/mol. The molecule has 0 aliphatic carbocycles. The van der Waals surface area contributed by atoms with Crippen LogP contribution in [0.25, 0.3) is 5.82 Å². The molecule has 132 valence electrons. The Hall–Kier alpha value is -3.03. The standard InChI is InChI=1S/C19H20N6O/c1-13-20-9-10-25(13)18-8-7-15(12-21-18)22-19(26)17-11-16(23-24-17)14-5-3-2-4-6-14/h2-10,12,16-17,23-24H,11H2,1H3,(H,22,26). The van der Waals surface area contributed by atoms with Crippen LogP contribution in [0.5, 0.6) is 0 Å². The van der Waals surface area contributed by atoms with Gasteiger partial charge in [-0.2, -0.15) is 0 Å². The highest BCUT2D eigenvalue weighted by Crippen LogP contribution is 2.22. The molecule has 26 heavy (non-hydrogen) atoms. The highest BCUT2D eigenvalue weighted by Gasteiger charge is 2.30. The lowest BCUT2D eigenvalue weighted by molar-refractivity contribution is -0.117. The quantitative estimate of drug-likeness (QED) is 0.673. The van der Waals surface area contributed by atoms with E-state index in [2.05, 4.69) is 38.3 Å². The van der Waals surface area contributed by atoms with E-state index < -0.39 is 0 Å². The fourth-order valence-electron chi connectivity index (χ4n) is 3.08. The Labute approximate surface area is 151 Å². The smallest absolute Gasteiger partial charge is 0.242 e. The van der Waals surface area contributed by atoms with Crippen molar-refractivity contribution in [2.45, 2.75) is 25.4 Å². The predicted molar refractivity (Wildman–Crippen MR) is 98.6 cm³/mol. The van der Waals surface area contributed by atoms with Crippen molar-refractivity contribution >= 4 is 11.6 Å². The summed E-state index contributed by atoms with van der Waals surface area (Å²) in [5, 5.41) is 2.91. The lowest BCUT2D eigenvalue weighted by atomic mass is 10.0. The Morgan fingerprint density at radius 3 is 2.69 bits per heavy atom. The molecule has 2 unspecified atom stereocenters. The number of aromatic nitrogens is 3. The first-order chi connectivity index (χ1) is 12.7. The maximum atomic E-state index is 12.5. The van der Waals surface area contributed by atoms with Crippen molar-refractivity contribution in [2.75, 3.05) is 5.32 Å². The minimum atomic E-state index is -0.296. The summed E-state index contributed by atoms with van der Waals surface area (Å²) in [4.78, 5) is 21.1. The molecule has 0 radical (unpaired) electrons. The molecule has 1 aliphatic heterocycles. The fourth-order valence-corrected chi connectivity index (χ4v) is 3.08. The molecule has 0 bridgehead atoms. The number of hydrogen-bond acceptors (Lipinski definition) is 5. The second kappa shape index (κ2) is 7.07. The molecule has 3 N–H and O–H groups in total. The van der Waals surface area contributed by atoms with Gasteiger partial charge in [0.15, 0.2) is 0 Å². The molecule has 1 aliphatic rings. The maximum absolute atomic E-state index is 12.5. The van der Waals surface area contributed by atoms with Gasteiger partial charge in [-0.3, -0.25) is 9.36 Å². The second-order valence-electron chi connectivity index (χ2n) is 6.28. The summed E-state index contributed by atoms with van der Waals surface area (Å²) in [5.74, 6) is 1.55.